The van der Waals surface area contributed by atoms with Crippen LogP contribution in [0.25, 0.3) is 11.1 Å². The molecule has 0 aliphatic heterocycles. The van der Waals surface area contributed by atoms with E-state index in [4.69, 9.17) is 67.8 Å². The van der Waals surface area contributed by atoms with E-state index in [2.05, 4.69) is 0 Å². The zero-order chi connectivity index (χ0) is 48.3. The number of aryl methyl sites for hydroxylation is 4. The maximum Gasteiger partial charge on any atom is 0.336 e. The topological polar surface area (TPSA) is 208 Å². The molecule has 338 valence electrons. The Kier molecular flexibility index (Phi) is 22.1. The van der Waals surface area contributed by atoms with E-state index in [1.54, 1.807) is 58.3 Å². The number of carboxylic acids is 1. The van der Waals surface area contributed by atoms with Crippen LogP contribution in [0.4, 0.5) is 0 Å². The van der Waals surface area contributed by atoms with E-state index >= 15 is 0 Å². The summed E-state index contributed by atoms with van der Waals surface area (Å²) in [6.45, 7) is 10.9. The van der Waals surface area contributed by atoms with Crippen LogP contribution in [-0.4, -0.2) is 18.2 Å². The smallest absolute Gasteiger partial charge is 0.336 e. The van der Waals surface area contributed by atoms with E-state index < -0.39 is 5.97 Å². The molecule has 0 aliphatic rings. The summed E-state index contributed by atoms with van der Waals surface area (Å²) in [7, 11) is 1.56. The summed E-state index contributed by atoms with van der Waals surface area (Å²) in [6.07, 6.45) is 11.5. The Labute approximate surface area is 394 Å². The number of carbonyl (C=O) groups is 1. The van der Waals surface area contributed by atoms with Crippen molar-refractivity contribution < 1.29 is 43.0 Å². The second-order valence-corrected chi connectivity index (χ2v) is 15.0. The maximum absolute atomic E-state index is 11.1. The normalized spacial score (nSPS) is 9.75. The van der Waals surface area contributed by atoms with E-state index in [1.165, 1.54) is 49.4 Å². The molecule has 0 spiro atoms. The lowest BCUT2D eigenvalue weighted by atomic mass is 10.1. The fourth-order valence-corrected chi connectivity index (χ4v) is 5.67. The molecule has 0 aliphatic carbocycles. The first-order valence-electron chi connectivity index (χ1n) is 18.4. The van der Waals surface area contributed by atoms with Gasteiger partial charge in [-0.3, -0.25) is 0 Å². The van der Waals surface area contributed by atoms with Crippen LogP contribution < -0.4 is 33.1 Å². The minimum Gasteiger partial charge on any atom is -0.619 e. The summed E-state index contributed by atoms with van der Waals surface area (Å²) in [5.41, 5.74) is 7.35. The minimum absolute atomic E-state index is 0.0274. The first-order chi connectivity index (χ1) is 30.1. The fourth-order valence-electron chi connectivity index (χ4n) is 4.60. The number of rotatable bonds is 3. The van der Waals surface area contributed by atoms with Crippen molar-refractivity contribution in [2.24, 2.45) is 0 Å². The molecular weight excluding hydrogens is 934 g/mol. The molecule has 0 saturated carbocycles. The summed E-state index contributed by atoms with van der Waals surface area (Å²) in [5.74, 6) is -0.307. The predicted molar refractivity (Wildman–Crippen MR) is 245 cm³/mol. The summed E-state index contributed by atoms with van der Waals surface area (Å²) < 4.78 is 8.82. The molecule has 1 aromatic carbocycles. The lowest BCUT2D eigenvalue weighted by molar-refractivity contribution is -0.612. The molecule has 64 heavy (non-hydrogen) atoms. The standard InChI is InChI=1S/C12H11NO.C8H9NO3.C7H9NO.C6H7NO2.C6H7NO.C5Cl5NO/c1-10-9-12(7-8-13(10)14)11-5-3-2-4-6-11;1-5-6(2)9(12)4-3-7(5)8(10)11;1-6-3-4-8(9)5-7(6)2;1-9-6-2-4-7(8)5-3-6;1-6-2-4-7(8)5-3-6;6-1-2(7)4(9)11(12)5(10)3(1)8/h2-9H,1H3;3-4H,1-2H3,(H,10,11);3-5H,1-2H3;2-5H,1H3;2-5H,1H3;. The van der Waals surface area contributed by atoms with Crippen LogP contribution in [0.3, 0.4) is 0 Å². The number of halogens is 5. The number of nitrogens with zero attached hydrogens (tertiary/aromatic N) is 6. The van der Waals surface area contributed by atoms with Gasteiger partial charge in [0, 0.05) is 73.5 Å². The van der Waals surface area contributed by atoms with Gasteiger partial charge < -0.3 is 41.1 Å². The Bertz CT molecular complexity index is 2490. The molecule has 0 fully saturated rings. The zero-order valence-corrected chi connectivity index (χ0v) is 39.2. The predicted octanol–water partition coefficient (Wildman–Crippen LogP) is 8.41. The molecule has 6 heterocycles. The number of carboxylic acid groups (broad SMARTS) is 1. The largest absolute Gasteiger partial charge is 0.619 e. The number of methoxy groups -OCH3 is 1. The van der Waals surface area contributed by atoms with E-state index in [0.29, 0.717) is 32.2 Å². The fraction of sp³-hybridized carbons (Fsp3) is 0.159. The van der Waals surface area contributed by atoms with Crippen LogP contribution in [0.5, 0.6) is 5.75 Å². The number of aromatic nitrogens is 6. The van der Waals surface area contributed by atoms with Gasteiger partial charge in [0.25, 0.3) is 0 Å². The molecule has 20 heteroatoms. The van der Waals surface area contributed by atoms with E-state index in [0.717, 1.165) is 42.0 Å². The van der Waals surface area contributed by atoms with Crippen LogP contribution in [0.15, 0.2) is 128 Å². The van der Waals surface area contributed by atoms with E-state index in [1.807, 2.05) is 69.3 Å². The van der Waals surface area contributed by atoms with Gasteiger partial charge in [-0.25, -0.2) is 4.79 Å². The van der Waals surface area contributed by atoms with Crippen LogP contribution in [0.2, 0.25) is 25.4 Å². The molecule has 0 radical (unpaired) electrons. The molecule has 0 unspecified atom stereocenters. The molecule has 7 rings (SSSR count). The number of ether oxygens (including phenoxy) is 1. The second-order valence-electron chi connectivity index (χ2n) is 13.1. The monoisotopic (exact) mass is 974 g/mol. The molecule has 7 aromatic rings. The number of pyridine rings is 6. The van der Waals surface area contributed by atoms with Crippen molar-refractivity contribution in [1.82, 2.24) is 0 Å². The maximum atomic E-state index is 11.1. The van der Waals surface area contributed by atoms with Gasteiger partial charge in [-0.05, 0) is 73.2 Å². The van der Waals surface area contributed by atoms with Crippen molar-refractivity contribution in [1.29, 1.82) is 0 Å². The Balaban J connectivity index is 0.000000267. The molecule has 0 atom stereocenters. The van der Waals surface area contributed by atoms with Crippen molar-refractivity contribution in [3.63, 3.8) is 0 Å². The Hall–Kier alpha value is -6.36. The SMILES string of the molecule is COc1cc[n+]([O-])cc1.Cc1c(C(=O)O)cc[n+]([O-])c1C.Cc1cc(-c2ccccc2)cc[n+]1[O-].Cc1cc[n+]([O-])cc1.Cc1cc[n+]([O-])cc1C.[O-][n+]1c(Cl)c(Cl)c(Cl)c(Cl)c1Cl. The van der Waals surface area contributed by atoms with Gasteiger partial charge in [-0.15, -0.1) is 4.73 Å². The third-order valence-electron chi connectivity index (χ3n) is 8.59. The lowest BCUT2D eigenvalue weighted by Crippen LogP contribution is -2.31. The Morgan fingerprint density at radius 2 is 1.06 bits per heavy atom. The second kappa shape index (κ2) is 26.3. The number of aromatic carboxylic acids is 1. The van der Waals surface area contributed by atoms with Crippen molar-refractivity contribution in [2.45, 2.75) is 41.5 Å². The summed E-state index contributed by atoms with van der Waals surface area (Å²) in [5, 5.41) is 72.2. The van der Waals surface area contributed by atoms with Gasteiger partial charge in [0.05, 0.1) is 17.7 Å². The van der Waals surface area contributed by atoms with Gasteiger partial charge in [0.2, 0.25) is 0 Å². The molecule has 0 amide bonds. The average Bonchev–Trinajstić information content (AvgIpc) is 3.28. The highest BCUT2D eigenvalue weighted by Gasteiger charge is 2.23. The first-order valence-corrected chi connectivity index (χ1v) is 20.3. The highest BCUT2D eigenvalue weighted by molar-refractivity contribution is 6.53. The average molecular weight is 977 g/mol. The van der Waals surface area contributed by atoms with E-state index in [9.17, 15) is 36.0 Å². The summed E-state index contributed by atoms with van der Waals surface area (Å²) >= 11 is 27.5. The number of benzene rings is 1. The minimum atomic E-state index is -1.00. The van der Waals surface area contributed by atoms with Crippen LogP contribution >= 0.6 is 58.0 Å². The van der Waals surface area contributed by atoms with Crippen LogP contribution in [0, 0.1) is 72.8 Å². The van der Waals surface area contributed by atoms with Gasteiger partial charge in [0.15, 0.2) is 61.0 Å². The number of hydrogen-bond acceptors (Lipinski definition) is 8. The molecule has 15 nitrogen and oxygen atoms in total. The number of hydrogen-bond donors (Lipinski definition) is 1. The van der Waals surface area contributed by atoms with Gasteiger partial charge >= 0.3 is 16.3 Å². The summed E-state index contributed by atoms with van der Waals surface area (Å²) in [6, 6.07) is 23.6. The van der Waals surface area contributed by atoms with Crippen molar-refractivity contribution >= 4 is 64.0 Å². The Morgan fingerprint density at radius 1 is 0.562 bits per heavy atom. The lowest BCUT2D eigenvalue weighted by Gasteiger charge is -2.05. The Morgan fingerprint density at radius 3 is 1.52 bits per heavy atom. The summed E-state index contributed by atoms with van der Waals surface area (Å²) in [4.78, 5) is 10.6. The van der Waals surface area contributed by atoms with Crippen molar-refractivity contribution in [2.75, 3.05) is 7.11 Å². The van der Waals surface area contributed by atoms with Gasteiger partial charge in [0.1, 0.15) is 15.8 Å². The zero-order valence-electron chi connectivity index (χ0n) is 35.4. The van der Waals surface area contributed by atoms with Crippen molar-refractivity contribution in [3.8, 4) is 16.9 Å². The van der Waals surface area contributed by atoms with Crippen LogP contribution in [0.1, 0.15) is 44.0 Å². The molecular formula is C44H43Cl5N6O9. The van der Waals surface area contributed by atoms with Crippen molar-refractivity contribution in [3.05, 3.63) is 224 Å². The first kappa shape index (κ1) is 53.8. The van der Waals surface area contributed by atoms with E-state index in [-0.39, 0.29) is 35.7 Å². The quantitative estimate of drug-likeness (QED) is 0.102. The molecule has 0 bridgehead atoms. The highest BCUT2D eigenvalue weighted by Crippen LogP contribution is 2.36. The molecule has 6 aromatic heterocycles. The molecule has 0 saturated heterocycles. The highest BCUT2D eigenvalue weighted by atomic mass is 35.5. The molecule has 1 N–H and O–H groups in total. The third-order valence-corrected chi connectivity index (χ3v) is 10.8. The van der Waals surface area contributed by atoms with Crippen LogP contribution in [-0.2, 0) is 0 Å². The third kappa shape index (κ3) is 17.1. The van der Waals surface area contributed by atoms with Gasteiger partial charge in [-0.1, -0.05) is 65.1 Å². The van der Waals surface area contributed by atoms with Gasteiger partial charge in [-0.2, -0.15) is 23.7 Å².